The number of aromatic nitrogens is 6. The molecule has 0 spiro atoms. The van der Waals surface area contributed by atoms with Crippen molar-refractivity contribution in [2.24, 2.45) is 0 Å². The van der Waals surface area contributed by atoms with E-state index in [1.54, 1.807) is 11.6 Å². The van der Waals surface area contributed by atoms with Crippen LogP contribution in [0.15, 0.2) is 47.1 Å². The first-order valence-electron chi connectivity index (χ1n) is 8.25. The number of H-pyrrole nitrogens is 1. The van der Waals surface area contributed by atoms with Crippen molar-refractivity contribution in [2.45, 2.75) is 12.1 Å². The SMILES string of the molecule is Cc1ccc(-c2cc(-c3nnc(SCC(=O)Nc4nccs4)n3N)[nH]n2)cc1. The van der Waals surface area contributed by atoms with Gasteiger partial charge in [0.2, 0.25) is 16.9 Å². The number of thioether (sulfide) groups is 1. The van der Waals surface area contributed by atoms with E-state index in [0.29, 0.717) is 21.8 Å². The molecule has 11 heteroatoms. The molecule has 4 aromatic rings. The Labute approximate surface area is 168 Å². The van der Waals surface area contributed by atoms with Crippen LogP contribution in [0.5, 0.6) is 0 Å². The van der Waals surface area contributed by atoms with Crippen molar-refractivity contribution < 1.29 is 4.79 Å². The molecule has 3 heterocycles. The summed E-state index contributed by atoms with van der Waals surface area (Å²) in [5.41, 5.74) is 3.60. The number of nitrogen functional groups attached to an aromatic ring is 1. The van der Waals surface area contributed by atoms with Crippen LogP contribution in [0.3, 0.4) is 0 Å². The van der Waals surface area contributed by atoms with Crippen LogP contribution >= 0.6 is 23.1 Å². The first-order chi connectivity index (χ1) is 13.6. The molecule has 0 saturated carbocycles. The predicted molar refractivity (Wildman–Crippen MR) is 109 cm³/mol. The van der Waals surface area contributed by atoms with Gasteiger partial charge in [0.1, 0.15) is 5.69 Å². The highest BCUT2D eigenvalue weighted by atomic mass is 32.2. The number of rotatable bonds is 6. The lowest BCUT2D eigenvalue weighted by atomic mass is 10.1. The van der Waals surface area contributed by atoms with Crippen LogP contribution in [0.25, 0.3) is 22.8 Å². The van der Waals surface area contributed by atoms with Crippen LogP contribution in [0, 0.1) is 6.92 Å². The molecular formula is C17H16N8OS2. The molecule has 0 bridgehead atoms. The molecule has 4 N–H and O–H groups in total. The van der Waals surface area contributed by atoms with Crippen LogP contribution in [-0.4, -0.2) is 41.7 Å². The summed E-state index contributed by atoms with van der Waals surface area (Å²) in [6.07, 6.45) is 1.63. The molecule has 4 rings (SSSR count). The van der Waals surface area contributed by atoms with Gasteiger partial charge in [0.15, 0.2) is 5.13 Å². The van der Waals surface area contributed by atoms with E-state index in [9.17, 15) is 4.79 Å². The highest BCUT2D eigenvalue weighted by Gasteiger charge is 2.16. The average Bonchev–Trinajstić information content (AvgIpc) is 3.42. The first kappa shape index (κ1) is 18.2. The maximum absolute atomic E-state index is 12.0. The summed E-state index contributed by atoms with van der Waals surface area (Å²) < 4.78 is 1.34. The second-order valence-electron chi connectivity index (χ2n) is 5.88. The second-order valence-corrected chi connectivity index (χ2v) is 7.72. The Morgan fingerprint density at radius 3 is 2.89 bits per heavy atom. The molecule has 0 aliphatic rings. The van der Waals surface area contributed by atoms with Gasteiger partial charge in [-0.05, 0) is 13.0 Å². The Morgan fingerprint density at radius 1 is 1.32 bits per heavy atom. The number of anilines is 1. The van der Waals surface area contributed by atoms with Crippen LogP contribution in [-0.2, 0) is 4.79 Å². The number of amides is 1. The largest absolute Gasteiger partial charge is 0.335 e. The summed E-state index contributed by atoms with van der Waals surface area (Å²) in [6.45, 7) is 2.03. The summed E-state index contributed by atoms with van der Waals surface area (Å²) in [5, 5.41) is 20.9. The monoisotopic (exact) mass is 412 g/mol. The molecule has 142 valence electrons. The molecule has 9 nitrogen and oxygen atoms in total. The number of aromatic amines is 1. The molecule has 0 unspecified atom stereocenters. The zero-order valence-electron chi connectivity index (χ0n) is 14.8. The fourth-order valence-electron chi connectivity index (χ4n) is 2.44. The number of aryl methyl sites for hydroxylation is 1. The van der Waals surface area contributed by atoms with Crippen LogP contribution < -0.4 is 11.2 Å². The third kappa shape index (κ3) is 3.89. The lowest BCUT2D eigenvalue weighted by molar-refractivity contribution is -0.113. The Balaban J connectivity index is 1.45. The number of carbonyl (C=O) groups excluding carboxylic acids is 1. The van der Waals surface area contributed by atoms with Crippen molar-refractivity contribution in [3.05, 3.63) is 47.5 Å². The molecule has 0 saturated heterocycles. The van der Waals surface area contributed by atoms with Gasteiger partial charge in [-0.2, -0.15) is 5.10 Å². The summed E-state index contributed by atoms with van der Waals surface area (Å²) in [4.78, 5) is 16.0. The third-order valence-corrected chi connectivity index (χ3v) is 5.47. The van der Waals surface area contributed by atoms with Crippen molar-refractivity contribution in [3.8, 4) is 22.8 Å². The molecule has 0 fully saturated rings. The maximum Gasteiger partial charge on any atom is 0.236 e. The van der Waals surface area contributed by atoms with E-state index in [2.05, 4.69) is 30.7 Å². The van der Waals surface area contributed by atoms with E-state index < -0.39 is 0 Å². The minimum absolute atomic E-state index is 0.145. The van der Waals surface area contributed by atoms with Gasteiger partial charge in [0.05, 0.1) is 11.4 Å². The fraction of sp³-hybridized carbons (Fsp3) is 0.118. The van der Waals surface area contributed by atoms with Crippen molar-refractivity contribution in [2.75, 3.05) is 16.9 Å². The summed E-state index contributed by atoms with van der Waals surface area (Å²) in [7, 11) is 0. The van der Waals surface area contributed by atoms with Gasteiger partial charge in [-0.25, -0.2) is 9.66 Å². The third-order valence-electron chi connectivity index (χ3n) is 3.84. The van der Waals surface area contributed by atoms with E-state index in [0.717, 1.165) is 11.3 Å². The van der Waals surface area contributed by atoms with Gasteiger partial charge in [-0.15, -0.1) is 21.5 Å². The van der Waals surface area contributed by atoms with E-state index in [-0.39, 0.29) is 11.7 Å². The van der Waals surface area contributed by atoms with E-state index in [1.165, 1.54) is 33.3 Å². The molecule has 0 aliphatic carbocycles. The zero-order valence-corrected chi connectivity index (χ0v) is 16.4. The Morgan fingerprint density at radius 2 is 2.14 bits per heavy atom. The number of nitrogens with one attached hydrogen (secondary N) is 2. The number of hydrogen-bond acceptors (Lipinski definition) is 8. The van der Waals surface area contributed by atoms with Crippen molar-refractivity contribution in [3.63, 3.8) is 0 Å². The highest BCUT2D eigenvalue weighted by Crippen LogP contribution is 2.25. The molecule has 0 radical (unpaired) electrons. The Kier molecular flexibility index (Phi) is 5.08. The minimum Gasteiger partial charge on any atom is -0.335 e. The fourth-order valence-corrected chi connectivity index (χ4v) is 3.64. The van der Waals surface area contributed by atoms with Gasteiger partial charge in [-0.1, -0.05) is 41.6 Å². The van der Waals surface area contributed by atoms with E-state index in [1.807, 2.05) is 37.3 Å². The lowest BCUT2D eigenvalue weighted by Crippen LogP contribution is -2.16. The second kappa shape index (κ2) is 7.82. The topological polar surface area (TPSA) is 127 Å². The molecular weight excluding hydrogens is 396 g/mol. The van der Waals surface area contributed by atoms with Crippen LogP contribution in [0.4, 0.5) is 5.13 Å². The van der Waals surface area contributed by atoms with Gasteiger partial charge >= 0.3 is 0 Å². The lowest BCUT2D eigenvalue weighted by Gasteiger charge is -2.02. The van der Waals surface area contributed by atoms with Crippen molar-refractivity contribution in [1.29, 1.82) is 0 Å². The van der Waals surface area contributed by atoms with E-state index >= 15 is 0 Å². The van der Waals surface area contributed by atoms with Crippen molar-refractivity contribution in [1.82, 2.24) is 30.1 Å². The Hall–Kier alpha value is -3.18. The Bertz CT molecular complexity index is 1090. The first-order valence-corrected chi connectivity index (χ1v) is 10.1. The van der Waals surface area contributed by atoms with Crippen molar-refractivity contribution >= 4 is 34.1 Å². The normalized spacial score (nSPS) is 10.9. The van der Waals surface area contributed by atoms with Gasteiger partial charge in [-0.3, -0.25) is 9.89 Å². The van der Waals surface area contributed by atoms with Crippen LogP contribution in [0.1, 0.15) is 5.56 Å². The van der Waals surface area contributed by atoms with Gasteiger partial charge in [0.25, 0.3) is 0 Å². The number of thiazole rings is 1. The molecule has 28 heavy (non-hydrogen) atoms. The predicted octanol–water partition coefficient (Wildman–Crippen LogP) is 2.54. The number of nitrogens with zero attached hydrogens (tertiary/aromatic N) is 5. The quantitative estimate of drug-likeness (QED) is 0.328. The van der Waals surface area contributed by atoms with Gasteiger partial charge in [0, 0.05) is 17.1 Å². The average molecular weight is 413 g/mol. The van der Waals surface area contributed by atoms with Gasteiger partial charge < -0.3 is 11.2 Å². The zero-order chi connectivity index (χ0) is 19.5. The summed E-state index contributed by atoms with van der Waals surface area (Å²) in [6, 6.07) is 9.93. The summed E-state index contributed by atoms with van der Waals surface area (Å²) >= 11 is 2.55. The number of benzene rings is 1. The van der Waals surface area contributed by atoms with Crippen LogP contribution in [0.2, 0.25) is 0 Å². The molecule has 1 amide bonds. The molecule has 0 atom stereocenters. The molecule has 0 aliphatic heterocycles. The maximum atomic E-state index is 12.0. The standard InChI is InChI=1S/C17H16N8OS2/c1-10-2-4-11(5-3-10)12-8-13(22-21-12)15-23-24-17(25(15)18)28-9-14(26)20-16-19-6-7-27-16/h2-8H,9,18H2,1H3,(H,21,22)(H,19,20,26). The highest BCUT2D eigenvalue weighted by molar-refractivity contribution is 7.99. The number of hydrogen-bond donors (Lipinski definition) is 3. The summed E-state index contributed by atoms with van der Waals surface area (Å²) in [5.74, 6) is 6.50. The minimum atomic E-state index is -0.187. The number of carbonyl (C=O) groups is 1. The van der Waals surface area contributed by atoms with E-state index in [4.69, 9.17) is 5.84 Å². The molecule has 1 aromatic carbocycles. The molecule has 3 aromatic heterocycles. The number of nitrogens with two attached hydrogens (primary N) is 1. The smallest absolute Gasteiger partial charge is 0.236 e.